The highest BCUT2D eigenvalue weighted by Gasteiger charge is 2.24. The van der Waals surface area contributed by atoms with Crippen LogP contribution >= 0.6 is 0 Å². The monoisotopic (exact) mass is 201 g/mol. The molecule has 0 heterocycles. The van der Waals surface area contributed by atoms with Gasteiger partial charge in [-0.15, -0.1) is 0 Å². The lowest BCUT2D eigenvalue weighted by atomic mass is 9.92. The molecule has 4 nitrogen and oxygen atoms in total. The van der Waals surface area contributed by atoms with Crippen molar-refractivity contribution in [3.63, 3.8) is 0 Å². The van der Waals surface area contributed by atoms with E-state index in [1.54, 1.807) is 0 Å². The topological polar surface area (TPSA) is 55.4 Å². The van der Waals surface area contributed by atoms with Crippen LogP contribution in [0.15, 0.2) is 0 Å². The van der Waals surface area contributed by atoms with Gasteiger partial charge in [-0.25, -0.2) is 4.79 Å². The number of carbonyl (C=O) groups excluding carboxylic acids is 2. The molecule has 0 rings (SSSR count). The predicted octanol–water partition coefficient (Wildman–Crippen LogP) is 1.74. The van der Waals surface area contributed by atoms with Crippen molar-refractivity contribution in [3.05, 3.63) is 0 Å². The van der Waals surface area contributed by atoms with Crippen LogP contribution in [0, 0.1) is 5.92 Å². The highest BCUT2D eigenvalue weighted by Crippen LogP contribution is 2.14. The number of ketones is 1. The third kappa shape index (κ3) is 3.77. The Morgan fingerprint density at radius 1 is 1.29 bits per heavy atom. The van der Waals surface area contributed by atoms with Crippen LogP contribution in [-0.4, -0.2) is 25.0 Å². The molecule has 0 saturated heterocycles. The van der Waals surface area contributed by atoms with Crippen molar-refractivity contribution >= 4 is 11.9 Å². The number of hydrogen-bond acceptors (Lipinski definition) is 3. The Labute approximate surface area is 85.0 Å². The lowest BCUT2D eigenvalue weighted by molar-refractivity contribution is -0.120. The van der Waals surface area contributed by atoms with Gasteiger partial charge < -0.3 is 10.1 Å². The number of alkyl carbamates (subject to hydrolysis) is 1. The fourth-order valence-electron chi connectivity index (χ4n) is 1.50. The fourth-order valence-corrected chi connectivity index (χ4v) is 1.50. The van der Waals surface area contributed by atoms with E-state index < -0.39 is 12.1 Å². The van der Waals surface area contributed by atoms with Gasteiger partial charge in [-0.1, -0.05) is 26.7 Å². The van der Waals surface area contributed by atoms with E-state index in [0.717, 1.165) is 12.8 Å². The van der Waals surface area contributed by atoms with Gasteiger partial charge in [0.05, 0.1) is 13.2 Å². The van der Waals surface area contributed by atoms with Gasteiger partial charge >= 0.3 is 6.09 Å². The molecule has 1 N–H and O–H groups in total. The first-order valence-corrected chi connectivity index (χ1v) is 4.91. The molecule has 0 bridgehead atoms. The third-order valence-electron chi connectivity index (χ3n) is 2.42. The molecule has 0 spiro atoms. The van der Waals surface area contributed by atoms with Gasteiger partial charge in [0.15, 0.2) is 5.78 Å². The zero-order chi connectivity index (χ0) is 11.1. The first kappa shape index (κ1) is 12.9. The van der Waals surface area contributed by atoms with E-state index in [1.165, 1.54) is 14.0 Å². The molecular weight excluding hydrogens is 182 g/mol. The molecule has 1 atom stereocenters. The van der Waals surface area contributed by atoms with Crippen molar-refractivity contribution in [1.29, 1.82) is 0 Å². The summed E-state index contributed by atoms with van der Waals surface area (Å²) in [5.41, 5.74) is 0. The smallest absolute Gasteiger partial charge is 0.407 e. The van der Waals surface area contributed by atoms with E-state index in [4.69, 9.17) is 0 Å². The van der Waals surface area contributed by atoms with E-state index >= 15 is 0 Å². The highest BCUT2D eigenvalue weighted by molar-refractivity contribution is 5.85. The average molecular weight is 201 g/mol. The van der Waals surface area contributed by atoms with Crippen LogP contribution in [0.2, 0.25) is 0 Å². The predicted molar refractivity (Wildman–Crippen MR) is 54.1 cm³/mol. The third-order valence-corrected chi connectivity index (χ3v) is 2.42. The van der Waals surface area contributed by atoms with Gasteiger partial charge in [-0.05, 0) is 12.8 Å². The molecule has 82 valence electrons. The molecule has 0 aliphatic rings. The van der Waals surface area contributed by atoms with Crippen LogP contribution in [0.5, 0.6) is 0 Å². The Kier molecular flexibility index (Phi) is 5.92. The van der Waals surface area contributed by atoms with Crippen molar-refractivity contribution in [2.75, 3.05) is 7.11 Å². The van der Waals surface area contributed by atoms with E-state index in [-0.39, 0.29) is 11.7 Å². The van der Waals surface area contributed by atoms with Crippen molar-refractivity contribution in [1.82, 2.24) is 5.32 Å². The standard InChI is InChI=1S/C10H19NO3/c1-5-8(6-2)9(7(3)12)11-10(13)14-4/h8-9H,5-6H2,1-4H3,(H,11,13). The Morgan fingerprint density at radius 2 is 1.79 bits per heavy atom. The molecule has 0 aliphatic carbocycles. The molecule has 0 aromatic rings. The van der Waals surface area contributed by atoms with Gasteiger partial charge in [0, 0.05) is 0 Å². The maximum atomic E-state index is 11.3. The molecule has 0 radical (unpaired) electrons. The number of hydrogen-bond donors (Lipinski definition) is 1. The second kappa shape index (κ2) is 6.40. The Bertz CT molecular complexity index is 200. The number of rotatable bonds is 5. The minimum Gasteiger partial charge on any atom is -0.453 e. The molecule has 4 heteroatoms. The van der Waals surface area contributed by atoms with Crippen molar-refractivity contribution in [3.8, 4) is 0 Å². The quantitative estimate of drug-likeness (QED) is 0.737. The zero-order valence-corrected chi connectivity index (χ0v) is 9.29. The lowest BCUT2D eigenvalue weighted by Crippen LogP contribution is -2.44. The number of Topliss-reactive ketones (excluding diaryl/α,β-unsaturated/α-hetero) is 1. The lowest BCUT2D eigenvalue weighted by Gasteiger charge is -2.23. The van der Waals surface area contributed by atoms with Gasteiger partial charge in [-0.2, -0.15) is 0 Å². The molecule has 0 saturated carbocycles. The summed E-state index contributed by atoms with van der Waals surface area (Å²) in [4.78, 5) is 22.3. The van der Waals surface area contributed by atoms with Crippen molar-refractivity contribution in [2.45, 2.75) is 39.7 Å². The summed E-state index contributed by atoms with van der Waals surface area (Å²) in [5, 5.41) is 2.56. The van der Waals surface area contributed by atoms with Crippen molar-refractivity contribution in [2.24, 2.45) is 5.92 Å². The number of carbonyl (C=O) groups is 2. The number of amides is 1. The summed E-state index contributed by atoms with van der Waals surface area (Å²) in [6.45, 7) is 5.49. The summed E-state index contributed by atoms with van der Waals surface area (Å²) in [6, 6.07) is -0.419. The highest BCUT2D eigenvalue weighted by atomic mass is 16.5. The number of nitrogens with one attached hydrogen (secondary N) is 1. The second-order valence-electron chi connectivity index (χ2n) is 3.30. The fraction of sp³-hybridized carbons (Fsp3) is 0.800. The summed E-state index contributed by atoms with van der Waals surface area (Å²) >= 11 is 0. The van der Waals surface area contributed by atoms with E-state index in [0.29, 0.717) is 0 Å². The van der Waals surface area contributed by atoms with Crippen molar-refractivity contribution < 1.29 is 14.3 Å². The van der Waals surface area contributed by atoms with E-state index in [1.807, 2.05) is 13.8 Å². The average Bonchev–Trinajstić information content (AvgIpc) is 2.17. The molecule has 1 unspecified atom stereocenters. The molecule has 0 aromatic carbocycles. The normalized spacial score (nSPS) is 12.4. The molecule has 14 heavy (non-hydrogen) atoms. The summed E-state index contributed by atoms with van der Waals surface area (Å²) < 4.78 is 4.47. The second-order valence-corrected chi connectivity index (χ2v) is 3.30. The maximum absolute atomic E-state index is 11.3. The number of ether oxygens (including phenoxy) is 1. The Hall–Kier alpha value is -1.06. The van der Waals surface area contributed by atoms with Gasteiger partial charge in [0.25, 0.3) is 0 Å². The molecule has 1 amide bonds. The van der Waals surface area contributed by atoms with E-state index in [9.17, 15) is 9.59 Å². The summed E-state index contributed by atoms with van der Waals surface area (Å²) in [5.74, 6) is 0.163. The van der Waals surface area contributed by atoms with Crippen LogP contribution in [0.25, 0.3) is 0 Å². The van der Waals surface area contributed by atoms with Crippen LogP contribution in [0.1, 0.15) is 33.6 Å². The minimum atomic E-state index is -0.544. The largest absolute Gasteiger partial charge is 0.453 e. The summed E-state index contributed by atoms with van der Waals surface area (Å²) in [6.07, 6.45) is 1.19. The zero-order valence-electron chi connectivity index (χ0n) is 9.29. The number of methoxy groups -OCH3 is 1. The van der Waals surface area contributed by atoms with Crippen LogP contribution in [0.4, 0.5) is 4.79 Å². The van der Waals surface area contributed by atoms with Crippen LogP contribution < -0.4 is 5.32 Å². The Balaban J connectivity index is 4.42. The van der Waals surface area contributed by atoms with Gasteiger partial charge in [-0.3, -0.25) is 4.79 Å². The molecule has 0 aromatic heterocycles. The van der Waals surface area contributed by atoms with Gasteiger partial charge in [0.1, 0.15) is 0 Å². The molecule has 0 aliphatic heterocycles. The SMILES string of the molecule is CCC(CC)C(NC(=O)OC)C(C)=O. The molecular formula is C10H19NO3. The molecule has 0 fully saturated rings. The minimum absolute atomic E-state index is 0.0240. The summed E-state index contributed by atoms with van der Waals surface area (Å²) in [7, 11) is 1.29. The Morgan fingerprint density at radius 3 is 2.07 bits per heavy atom. The van der Waals surface area contributed by atoms with E-state index in [2.05, 4.69) is 10.1 Å². The first-order valence-electron chi connectivity index (χ1n) is 4.91. The van der Waals surface area contributed by atoms with Crippen LogP contribution in [-0.2, 0) is 9.53 Å². The first-order chi connectivity index (χ1) is 6.56. The van der Waals surface area contributed by atoms with Crippen LogP contribution in [0.3, 0.4) is 0 Å². The van der Waals surface area contributed by atoms with Gasteiger partial charge in [0.2, 0.25) is 0 Å². The maximum Gasteiger partial charge on any atom is 0.407 e.